The molecule has 0 saturated heterocycles. The number of likely N-dealkylation sites (N-methyl/N-ethyl adjacent to an activating group) is 1. The highest BCUT2D eigenvalue weighted by atomic mass is 19.1. The van der Waals surface area contributed by atoms with Gasteiger partial charge in [-0.1, -0.05) is 5.46 Å². The summed E-state index contributed by atoms with van der Waals surface area (Å²) in [6.45, 7) is 2.68. The van der Waals surface area contributed by atoms with Gasteiger partial charge in [0, 0.05) is 36.9 Å². The third-order valence-corrected chi connectivity index (χ3v) is 5.85. The Morgan fingerprint density at radius 3 is 2.78 bits per heavy atom. The van der Waals surface area contributed by atoms with Gasteiger partial charge < -0.3 is 15.0 Å². The molecule has 5 rings (SSSR count). The fourth-order valence-corrected chi connectivity index (χ4v) is 4.33. The van der Waals surface area contributed by atoms with Gasteiger partial charge >= 0.3 is 0 Å². The lowest BCUT2D eigenvalue weighted by Crippen LogP contribution is -2.28. The maximum absolute atomic E-state index is 15.4. The van der Waals surface area contributed by atoms with Gasteiger partial charge in [-0.25, -0.2) is 14.4 Å². The molecular weight excluding hydrogens is 456 g/mol. The maximum Gasteiger partial charge on any atom is 0.156 e. The van der Waals surface area contributed by atoms with E-state index >= 15 is 4.39 Å². The van der Waals surface area contributed by atoms with Crippen LogP contribution in [-0.2, 0) is 7.05 Å². The number of aromatic nitrogens is 5. The van der Waals surface area contributed by atoms with Crippen molar-refractivity contribution in [1.82, 2.24) is 29.6 Å². The average Bonchev–Trinajstić information content (AvgIpc) is 3.28. The lowest BCUT2D eigenvalue weighted by Gasteiger charge is -2.22. The van der Waals surface area contributed by atoms with Crippen molar-refractivity contribution in [2.24, 2.45) is 7.05 Å². The number of rotatable bonds is 7. The van der Waals surface area contributed by atoms with Gasteiger partial charge in [0.2, 0.25) is 0 Å². The second-order valence-corrected chi connectivity index (χ2v) is 9.00. The molecule has 1 atom stereocenters. The Bertz CT molecular complexity index is 1570. The molecule has 2 aromatic carbocycles. The summed E-state index contributed by atoms with van der Waals surface area (Å²) in [6, 6.07) is 8.66. The van der Waals surface area contributed by atoms with E-state index in [4.69, 9.17) is 12.6 Å². The number of anilines is 2. The predicted molar refractivity (Wildman–Crippen MR) is 141 cm³/mol. The number of nitrogens with one attached hydrogen (secondary N) is 1. The maximum atomic E-state index is 15.4. The first-order valence-electron chi connectivity index (χ1n) is 11.5. The summed E-state index contributed by atoms with van der Waals surface area (Å²) in [4.78, 5) is 15.2. The standard InChI is InChI=1S/C26H25BFN7O/c1-15(12-34(2)3)36-21-10-18(16-11-32-35(4)13-16)23(27)25-22(21)26(31-14-30-25)33-20-8-7-19-17(24(20)28)6-5-9-29-19/h5-11,13-15H,12H2,1-4H3,(H,30,31,33). The Morgan fingerprint density at radius 2 is 2.03 bits per heavy atom. The third-order valence-electron chi connectivity index (χ3n) is 5.85. The molecule has 0 aliphatic rings. The molecule has 0 aliphatic heterocycles. The van der Waals surface area contributed by atoms with Crippen molar-refractivity contribution in [3.05, 3.63) is 61.1 Å². The van der Waals surface area contributed by atoms with Crippen LogP contribution in [0.25, 0.3) is 32.9 Å². The Hall–Kier alpha value is -4.05. The number of ether oxygens (including phenoxy) is 1. The van der Waals surface area contributed by atoms with Gasteiger partial charge in [0.1, 0.15) is 31.8 Å². The van der Waals surface area contributed by atoms with Crippen LogP contribution < -0.4 is 15.5 Å². The molecule has 0 spiro atoms. The van der Waals surface area contributed by atoms with Crippen LogP contribution in [0, 0.1) is 5.82 Å². The number of halogens is 1. The van der Waals surface area contributed by atoms with E-state index in [1.54, 1.807) is 41.3 Å². The van der Waals surface area contributed by atoms with Crippen molar-refractivity contribution in [3.8, 4) is 16.9 Å². The zero-order chi connectivity index (χ0) is 25.4. The van der Waals surface area contributed by atoms with Crippen LogP contribution in [0.4, 0.5) is 15.9 Å². The number of benzene rings is 2. The van der Waals surface area contributed by atoms with Crippen LogP contribution in [0.3, 0.4) is 0 Å². The first-order valence-corrected chi connectivity index (χ1v) is 11.5. The number of fused-ring (bicyclic) bond motifs is 2. The predicted octanol–water partition coefficient (Wildman–Crippen LogP) is 3.58. The molecule has 5 aromatic rings. The van der Waals surface area contributed by atoms with Crippen LogP contribution in [0.1, 0.15) is 6.92 Å². The molecule has 0 fully saturated rings. The molecule has 8 nitrogen and oxygen atoms in total. The first kappa shape index (κ1) is 23.7. The normalized spacial score (nSPS) is 12.4. The zero-order valence-electron chi connectivity index (χ0n) is 20.5. The SMILES string of the molecule is [B]c1c(-c2cnn(C)c2)cc(OC(C)CN(C)C)c2c(Nc3ccc4ncccc4c3F)ncnc12. The molecule has 10 heteroatoms. The second-order valence-electron chi connectivity index (χ2n) is 9.00. The van der Waals surface area contributed by atoms with E-state index < -0.39 is 5.82 Å². The summed E-state index contributed by atoms with van der Waals surface area (Å²) in [5, 5.41) is 8.39. The molecule has 1 unspecified atom stereocenters. The summed E-state index contributed by atoms with van der Waals surface area (Å²) in [5.74, 6) is 0.507. The van der Waals surface area contributed by atoms with Crippen LogP contribution in [-0.4, -0.2) is 64.2 Å². The van der Waals surface area contributed by atoms with Crippen LogP contribution in [0.5, 0.6) is 5.75 Å². The van der Waals surface area contributed by atoms with Crippen molar-refractivity contribution < 1.29 is 9.13 Å². The lowest BCUT2D eigenvalue weighted by molar-refractivity contribution is 0.179. The molecule has 36 heavy (non-hydrogen) atoms. The highest BCUT2D eigenvalue weighted by Crippen LogP contribution is 2.36. The minimum atomic E-state index is -0.421. The van der Waals surface area contributed by atoms with Gasteiger partial charge in [0.05, 0.1) is 28.3 Å². The minimum absolute atomic E-state index is 0.148. The summed E-state index contributed by atoms with van der Waals surface area (Å²) in [7, 11) is 12.4. The summed E-state index contributed by atoms with van der Waals surface area (Å²) < 4.78 is 23.5. The quantitative estimate of drug-likeness (QED) is 0.356. The summed E-state index contributed by atoms with van der Waals surface area (Å²) in [6.07, 6.45) is 6.51. The summed E-state index contributed by atoms with van der Waals surface area (Å²) in [5.41, 5.74) is 3.37. The Kier molecular flexibility index (Phi) is 6.28. The largest absolute Gasteiger partial charge is 0.489 e. The topological polar surface area (TPSA) is 81.0 Å². The van der Waals surface area contributed by atoms with Crippen molar-refractivity contribution in [1.29, 1.82) is 0 Å². The Balaban J connectivity index is 1.68. The molecule has 2 radical (unpaired) electrons. The fraction of sp³-hybridized carbons (Fsp3) is 0.231. The van der Waals surface area contributed by atoms with E-state index in [1.165, 1.54) is 6.33 Å². The molecule has 0 aliphatic carbocycles. The molecule has 3 heterocycles. The van der Waals surface area contributed by atoms with Gasteiger partial charge in [0.25, 0.3) is 0 Å². The highest BCUT2D eigenvalue weighted by molar-refractivity contribution is 6.42. The average molecular weight is 481 g/mol. The van der Waals surface area contributed by atoms with E-state index in [-0.39, 0.29) is 11.8 Å². The molecule has 1 N–H and O–H groups in total. The lowest BCUT2D eigenvalue weighted by atomic mass is 9.85. The molecule has 0 saturated carbocycles. The number of hydrogen-bond acceptors (Lipinski definition) is 7. The first-order chi connectivity index (χ1) is 17.3. The molecule has 0 bridgehead atoms. The molecule has 0 amide bonds. The fourth-order valence-electron chi connectivity index (χ4n) is 4.33. The molecule has 180 valence electrons. The third kappa shape index (κ3) is 4.47. The second kappa shape index (κ2) is 9.54. The van der Waals surface area contributed by atoms with Gasteiger partial charge in [-0.3, -0.25) is 9.67 Å². The van der Waals surface area contributed by atoms with Crippen LogP contribution in [0.15, 0.2) is 55.2 Å². The number of hydrogen-bond donors (Lipinski definition) is 1. The van der Waals surface area contributed by atoms with Gasteiger partial charge in [-0.05, 0) is 56.9 Å². The van der Waals surface area contributed by atoms with Crippen LogP contribution in [0.2, 0.25) is 0 Å². The minimum Gasteiger partial charge on any atom is -0.489 e. The van der Waals surface area contributed by atoms with E-state index in [0.717, 1.165) is 11.1 Å². The van der Waals surface area contributed by atoms with E-state index in [9.17, 15) is 0 Å². The number of aryl methyl sites for hydroxylation is 1. The zero-order valence-corrected chi connectivity index (χ0v) is 20.5. The van der Waals surface area contributed by atoms with Crippen molar-refractivity contribution >= 4 is 46.6 Å². The van der Waals surface area contributed by atoms with Gasteiger partial charge in [0.15, 0.2) is 5.82 Å². The van der Waals surface area contributed by atoms with Gasteiger partial charge in [-0.15, -0.1) is 0 Å². The smallest absolute Gasteiger partial charge is 0.156 e. The monoisotopic (exact) mass is 481 g/mol. The van der Waals surface area contributed by atoms with E-state index in [0.29, 0.717) is 45.4 Å². The molecule has 3 aromatic heterocycles. The van der Waals surface area contributed by atoms with Crippen molar-refractivity contribution in [2.75, 3.05) is 26.0 Å². The van der Waals surface area contributed by atoms with Gasteiger partial charge in [-0.2, -0.15) is 5.10 Å². The Labute approximate surface area is 209 Å². The van der Waals surface area contributed by atoms with E-state index in [2.05, 4.69) is 25.4 Å². The van der Waals surface area contributed by atoms with Crippen molar-refractivity contribution in [3.63, 3.8) is 0 Å². The van der Waals surface area contributed by atoms with Crippen LogP contribution >= 0.6 is 0 Å². The Morgan fingerprint density at radius 1 is 1.19 bits per heavy atom. The highest BCUT2D eigenvalue weighted by Gasteiger charge is 2.20. The number of pyridine rings is 1. The van der Waals surface area contributed by atoms with Crippen molar-refractivity contribution in [2.45, 2.75) is 13.0 Å². The number of nitrogens with zero attached hydrogens (tertiary/aromatic N) is 6. The molecular formula is C26H25BFN7O. The van der Waals surface area contributed by atoms with E-state index in [1.807, 2.05) is 45.2 Å². The summed E-state index contributed by atoms with van der Waals surface area (Å²) >= 11 is 0.